The Kier molecular flexibility index (Phi) is 5.63. The second kappa shape index (κ2) is 7.39. The topological polar surface area (TPSA) is 63.4 Å². The van der Waals surface area contributed by atoms with Crippen molar-refractivity contribution in [1.82, 2.24) is 15.0 Å². The number of alkyl halides is 6. The standard InChI is InChI=1S/C15H13F6N5/c1-8(14(16,17)18)22-12-24-11(7-6-10-4-3-5-10)25-13(26-12)23-9(2)15(19,20)21/h10H,3-5H2,1-2H3. The molecule has 0 amide bonds. The highest BCUT2D eigenvalue weighted by molar-refractivity contribution is 5.89. The summed E-state index contributed by atoms with van der Waals surface area (Å²) in [6, 6.07) is 0. The zero-order valence-corrected chi connectivity index (χ0v) is 13.7. The predicted molar refractivity (Wildman–Crippen MR) is 81.7 cm³/mol. The summed E-state index contributed by atoms with van der Waals surface area (Å²) in [7, 11) is 0. The summed E-state index contributed by atoms with van der Waals surface area (Å²) in [5.74, 6) is 3.76. The van der Waals surface area contributed by atoms with Crippen molar-refractivity contribution in [2.24, 2.45) is 15.9 Å². The second-order valence-electron chi connectivity index (χ2n) is 5.55. The van der Waals surface area contributed by atoms with E-state index in [9.17, 15) is 26.3 Å². The number of hydrogen-bond acceptors (Lipinski definition) is 5. The smallest absolute Gasteiger partial charge is 0.211 e. The molecule has 1 saturated carbocycles. The fourth-order valence-corrected chi connectivity index (χ4v) is 1.66. The SMILES string of the molecule is CC(=Nc1nc(C#CC2CCC2)nc(N=C(C)C(F)(F)F)n1)C(F)(F)F. The summed E-state index contributed by atoms with van der Waals surface area (Å²) in [6.07, 6.45) is -6.70. The van der Waals surface area contributed by atoms with Crippen molar-refractivity contribution in [3.05, 3.63) is 5.82 Å². The van der Waals surface area contributed by atoms with Crippen LogP contribution in [0, 0.1) is 17.8 Å². The first-order chi connectivity index (χ1) is 11.9. The molecule has 26 heavy (non-hydrogen) atoms. The minimum absolute atomic E-state index is 0.111. The average Bonchev–Trinajstić information content (AvgIpc) is 2.43. The Hall–Kier alpha value is -2.51. The van der Waals surface area contributed by atoms with Gasteiger partial charge in [0.2, 0.25) is 5.82 Å². The lowest BCUT2D eigenvalue weighted by Gasteiger charge is -2.18. The van der Waals surface area contributed by atoms with Crippen molar-refractivity contribution in [2.45, 2.75) is 45.5 Å². The second-order valence-corrected chi connectivity index (χ2v) is 5.55. The first kappa shape index (κ1) is 19.8. The Morgan fingerprint density at radius 1 is 0.885 bits per heavy atom. The fourth-order valence-electron chi connectivity index (χ4n) is 1.66. The molecule has 0 aliphatic heterocycles. The van der Waals surface area contributed by atoms with Crippen molar-refractivity contribution >= 4 is 23.3 Å². The quantitative estimate of drug-likeness (QED) is 0.438. The van der Waals surface area contributed by atoms with E-state index in [1.807, 2.05) is 0 Å². The van der Waals surface area contributed by atoms with Gasteiger partial charge in [0.15, 0.2) is 0 Å². The molecule has 0 radical (unpaired) electrons. The molecule has 11 heteroatoms. The lowest BCUT2D eigenvalue weighted by Crippen LogP contribution is -2.19. The van der Waals surface area contributed by atoms with Crippen molar-refractivity contribution < 1.29 is 26.3 Å². The van der Waals surface area contributed by atoms with Crippen LogP contribution in [0.2, 0.25) is 0 Å². The summed E-state index contributed by atoms with van der Waals surface area (Å²) >= 11 is 0. The molecule has 5 nitrogen and oxygen atoms in total. The van der Waals surface area contributed by atoms with Gasteiger partial charge >= 0.3 is 12.4 Å². The molecule has 0 atom stereocenters. The van der Waals surface area contributed by atoms with Gasteiger partial charge in [-0.3, -0.25) is 0 Å². The van der Waals surface area contributed by atoms with E-state index >= 15 is 0 Å². The van der Waals surface area contributed by atoms with Gasteiger partial charge in [-0.05, 0) is 32.6 Å². The molecule has 1 aliphatic rings. The molecule has 0 aromatic carbocycles. The van der Waals surface area contributed by atoms with E-state index in [4.69, 9.17) is 0 Å². The van der Waals surface area contributed by atoms with Crippen LogP contribution in [-0.2, 0) is 0 Å². The fraction of sp³-hybridized carbons (Fsp3) is 0.533. The van der Waals surface area contributed by atoms with E-state index in [0.717, 1.165) is 19.3 Å². The molecule has 1 aromatic rings. The largest absolute Gasteiger partial charge is 0.429 e. The summed E-state index contributed by atoms with van der Waals surface area (Å²) in [4.78, 5) is 17.1. The van der Waals surface area contributed by atoms with Gasteiger partial charge in [0.1, 0.15) is 11.4 Å². The Labute approximate surface area is 144 Å². The highest BCUT2D eigenvalue weighted by Gasteiger charge is 2.33. The van der Waals surface area contributed by atoms with Crippen LogP contribution < -0.4 is 0 Å². The number of halogens is 6. The van der Waals surface area contributed by atoms with Crippen molar-refractivity contribution in [1.29, 1.82) is 0 Å². The molecule has 1 fully saturated rings. The van der Waals surface area contributed by atoms with Crippen LogP contribution in [0.3, 0.4) is 0 Å². The van der Waals surface area contributed by atoms with Crippen LogP contribution in [0.1, 0.15) is 38.9 Å². The third-order valence-corrected chi connectivity index (χ3v) is 3.46. The highest BCUT2D eigenvalue weighted by atomic mass is 19.4. The van der Waals surface area contributed by atoms with E-state index in [1.165, 1.54) is 0 Å². The van der Waals surface area contributed by atoms with Crippen LogP contribution in [0.4, 0.5) is 38.2 Å². The maximum atomic E-state index is 12.6. The van der Waals surface area contributed by atoms with Gasteiger partial charge < -0.3 is 0 Å². The zero-order chi connectivity index (χ0) is 19.5. The summed E-state index contributed by atoms with van der Waals surface area (Å²) in [5, 5.41) is 0. The Morgan fingerprint density at radius 2 is 1.35 bits per heavy atom. The molecule has 1 aliphatic carbocycles. The maximum Gasteiger partial charge on any atom is 0.429 e. The van der Waals surface area contributed by atoms with Crippen LogP contribution in [0.5, 0.6) is 0 Å². The summed E-state index contributed by atoms with van der Waals surface area (Å²) in [5.41, 5.74) is -2.52. The molecule has 140 valence electrons. The third-order valence-electron chi connectivity index (χ3n) is 3.46. The van der Waals surface area contributed by atoms with Gasteiger partial charge in [-0.1, -0.05) is 12.3 Å². The maximum absolute atomic E-state index is 12.6. The Bertz CT molecular complexity index is 745. The van der Waals surface area contributed by atoms with Gasteiger partial charge in [-0.15, -0.1) is 0 Å². The van der Waals surface area contributed by atoms with Crippen molar-refractivity contribution in [2.75, 3.05) is 0 Å². The third kappa shape index (κ3) is 5.50. The van der Waals surface area contributed by atoms with E-state index < -0.39 is 35.7 Å². The minimum Gasteiger partial charge on any atom is -0.211 e. The normalized spacial score (nSPS) is 16.8. The molecule has 1 heterocycles. The first-order valence-electron chi connectivity index (χ1n) is 7.48. The summed E-state index contributed by atoms with van der Waals surface area (Å²) < 4.78 is 75.6. The van der Waals surface area contributed by atoms with E-state index in [2.05, 4.69) is 36.8 Å². The Balaban J connectivity index is 2.46. The zero-order valence-electron chi connectivity index (χ0n) is 13.7. The lowest BCUT2D eigenvalue weighted by molar-refractivity contribution is -0.0599. The van der Waals surface area contributed by atoms with E-state index in [-0.39, 0.29) is 11.7 Å². The molecule has 2 rings (SSSR count). The van der Waals surface area contributed by atoms with E-state index in [1.54, 1.807) is 0 Å². The van der Waals surface area contributed by atoms with Crippen LogP contribution >= 0.6 is 0 Å². The molecule has 0 saturated heterocycles. The van der Waals surface area contributed by atoms with Gasteiger partial charge in [0.05, 0.1) is 0 Å². The molecule has 1 aromatic heterocycles. The van der Waals surface area contributed by atoms with Gasteiger partial charge in [0.25, 0.3) is 11.9 Å². The number of rotatable bonds is 2. The van der Waals surface area contributed by atoms with E-state index in [0.29, 0.717) is 13.8 Å². The Morgan fingerprint density at radius 3 is 1.69 bits per heavy atom. The highest BCUT2D eigenvalue weighted by Crippen LogP contribution is 2.25. The van der Waals surface area contributed by atoms with Gasteiger partial charge in [-0.2, -0.15) is 41.3 Å². The number of aromatic nitrogens is 3. The molecule has 0 unspecified atom stereocenters. The first-order valence-corrected chi connectivity index (χ1v) is 7.48. The van der Waals surface area contributed by atoms with Gasteiger partial charge in [0, 0.05) is 5.92 Å². The van der Waals surface area contributed by atoms with Gasteiger partial charge in [-0.25, -0.2) is 9.98 Å². The van der Waals surface area contributed by atoms with Crippen LogP contribution in [0.15, 0.2) is 9.98 Å². The van der Waals surface area contributed by atoms with Crippen LogP contribution in [-0.4, -0.2) is 38.7 Å². The lowest BCUT2D eigenvalue weighted by atomic mass is 9.86. The minimum atomic E-state index is -4.73. The number of hydrogen-bond donors (Lipinski definition) is 0. The predicted octanol–water partition coefficient (Wildman–Crippen LogP) is 4.33. The van der Waals surface area contributed by atoms with Crippen molar-refractivity contribution in [3.8, 4) is 11.8 Å². The molecule has 0 N–H and O–H groups in total. The molecule has 0 spiro atoms. The summed E-state index contributed by atoms with van der Waals surface area (Å²) in [6.45, 7) is 1.38. The monoisotopic (exact) mass is 377 g/mol. The number of aliphatic imine (C=N–C) groups is 2. The molecular formula is C15H13F6N5. The van der Waals surface area contributed by atoms with Crippen molar-refractivity contribution in [3.63, 3.8) is 0 Å². The molecular weight excluding hydrogens is 364 g/mol. The van der Waals surface area contributed by atoms with Crippen LogP contribution in [0.25, 0.3) is 0 Å². The average molecular weight is 377 g/mol. The number of nitrogens with zero attached hydrogens (tertiary/aromatic N) is 5. The molecule has 0 bridgehead atoms.